The molecule has 38 heavy (non-hydrogen) atoms. The number of halogens is 1. The van der Waals surface area contributed by atoms with Crippen molar-refractivity contribution in [2.75, 3.05) is 0 Å². The third-order valence-electron chi connectivity index (χ3n) is 5.80. The van der Waals surface area contributed by atoms with Crippen molar-refractivity contribution in [1.82, 2.24) is 19.8 Å². The van der Waals surface area contributed by atoms with Gasteiger partial charge in [0, 0.05) is 18.7 Å². The van der Waals surface area contributed by atoms with E-state index in [-0.39, 0.29) is 22.9 Å². The monoisotopic (exact) mass is 594 g/mol. The molecule has 0 fully saturated rings. The maximum Gasteiger partial charge on any atom is 0.241 e. The normalized spacial score (nSPS) is 11.9. The van der Waals surface area contributed by atoms with E-state index in [2.05, 4.69) is 37.6 Å². The molecule has 0 unspecified atom stereocenters. The van der Waals surface area contributed by atoms with Crippen LogP contribution in [0.15, 0.2) is 101 Å². The number of aromatic hydroxyl groups is 2. The summed E-state index contributed by atoms with van der Waals surface area (Å²) in [5.41, 5.74) is 3.78. The minimum Gasteiger partial charge on any atom is -0.508 e. The molecule has 4 N–H and O–H groups in total. The minimum absolute atomic E-state index is 0.00413. The second kappa shape index (κ2) is 11.7. The van der Waals surface area contributed by atoms with Crippen molar-refractivity contribution in [3.63, 3.8) is 0 Å². The molecule has 0 aliphatic rings. The average molecular weight is 596 g/mol. The fourth-order valence-corrected chi connectivity index (χ4v) is 5.08. The summed E-state index contributed by atoms with van der Waals surface area (Å²) in [5, 5.41) is 27.7. The molecule has 0 amide bonds. The molecule has 0 bridgehead atoms. The predicted molar refractivity (Wildman–Crippen MR) is 151 cm³/mol. The van der Waals surface area contributed by atoms with Crippen molar-refractivity contribution >= 4 is 37.3 Å². The molecule has 4 rings (SSSR count). The van der Waals surface area contributed by atoms with E-state index in [0.29, 0.717) is 23.5 Å². The zero-order valence-electron chi connectivity index (χ0n) is 20.6. The summed E-state index contributed by atoms with van der Waals surface area (Å²) in [6, 6.07) is 20.0. The van der Waals surface area contributed by atoms with E-state index >= 15 is 0 Å². The lowest BCUT2D eigenvalue weighted by molar-refractivity contribution is 0.472. The smallest absolute Gasteiger partial charge is 0.241 e. The number of nitrogens with zero attached hydrogens (tertiary/aromatic N) is 2. The highest BCUT2D eigenvalue weighted by molar-refractivity contribution is 9.10. The van der Waals surface area contributed by atoms with E-state index in [1.54, 1.807) is 29.1 Å². The Balaban J connectivity index is 1.52. The Bertz CT molecular complexity index is 1610. The molecule has 8 nitrogen and oxygen atoms in total. The van der Waals surface area contributed by atoms with Gasteiger partial charge < -0.3 is 15.5 Å². The molecule has 0 aliphatic carbocycles. The van der Waals surface area contributed by atoms with E-state index in [9.17, 15) is 18.6 Å². The number of aromatic nitrogens is 2. The number of nitrogens with one attached hydrogen (secondary N) is 2. The van der Waals surface area contributed by atoms with Crippen LogP contribution in [-0.2, 0) is 23.1 Å². The molecular formula is C28H27BrN4O4S. The fraction of sp³-hybridized carbons (Fsp3) is 0.107. The van der Waals surface area contributed by atoms with Gasteiger partial charge in [0.2, 0.25) is 10.0 Å². The summed E-state index contributed by atoms with van der Waals surface area (Å²) in [7, 11) is -3.78. The zero-order valence-corrected chi connectivity index (χ0v) is 23.0. The van der Waals surface area contributed by atoms with Gasteiger partial charge in [0.1, 0.15) is 17.3 Å². The molecule has 0 saturated heterocycles. The first-order valence-corrected chi connectivity index (χ1v) is 13.9. The summed E-state index contributed by atoms with van der Waals surface area (Å²) in [4.78, 5) is -0.00413. The van der Waals surface area contributed by atoms with Crippen LogP contribution in [-0.4, -0.2) is 28.4 Å². The van der Waals surface area contributed by atoms with E-state index in [1.807, 2.05) is 43.3 Å². The molecule has 0 radical (unpaired) electrons. The number of sulfonamides is 1. The van der Waals surface area contributed by atoms with Gasteiger partial charge in [-0.05, 0) is 69.9 Å². The second-order valence-corrected chi connectivity index (χ2v) is 11.2. The Morgan fingerprint density at radius 3 is 2.42 bits per heavy atom. The summed E-state index contributed by atoms with van der Waals surface area (Å²) < 4.78 is 30.4. The molecule has 4 aromatic rings. The van der Waals surface area contributed by atoms with Crippen LogP contribution >= 0.6 is 15.9 Å². The summed E-state index contributed by atoms with van der Waals surface area (Å²) in [6.07, 6.45) is 3.52. The Morgan fingerprint density at radius 2 is 1.74 bits per heavy atom. The number of allylic oxidation sites excluding steroid dienone is 2. The lowest BCUT2D eigenvalue weighted by Gasteiger charge is -2.15. The SMILES string of the molecule is C=C(/C=C(/NCc1cccc(CNS(=O)(=O)c2cccc(O)c2)c1)n1ncc(Br)c1C)c1ccccc1O. The molecule has 3 aromatic carbocycles. The van der Waals surface area contributed by atoms with Gasteiger partial charge in [-0.3, -0.25) is 0 Å². The van der Waals surface area contributed by atoms with Crippen LogP contribution in [0, 0.1) is 6.92 Å². The zero-order chi connectivity index (χ0) is 27.3. The first-order chi connectivity index (χ1) is 18.1. The predicted octanol–water partition coefficient (Wildman–Crippen LogP) is 5.15. The number of phenolic OH excluding ortho intramolecular Hbond substituents is 2. The number of hydrogen-bond donors (Lipinski definition) is 4. The summed E-state index contributed by atoms with van der Waals surface area (Å²) in [6.45, 7) is 6.56. The van der Waals surface area contributed by atoms with Gasteiger partial charge >= 0.3 is 0 Å². The highest BCUT2D eigenvalue weighted by atomic mass is 79.9. The third-order valence-corrected chi connectivity index (χ3v) is 7.98. The molecule has 1 heterocycles. The van der Waals surface area contributed by atoms with Crippen molar-refractivity contribution in [1.29, 1.82) is 0 Å². The van der Waals surface area contributed by atoms with Gasteiger partial charge in [0.05, 0.1) is 21.3 Å². The Kier molecular flexibility index (Phi) is 8.35. The standard InChI is InChI=1S/C28H27BrN4O4S/c1-19(25-11-3-4-12-27(25)35)13-28(33-20(2)26(29)18-31-33)30-16-21-7-5-8-22(14-21)17-32-38(36,37)24-10-6-9-23(34)15-24/h3-15,18,30,32,34-35H,1,16-17H2,2H3/b28-13-. The van der Waals surface area contributed by atoms with Gasteiger partial charge in [-0.1, -0.05) is 55.1 Å². The molecule has 0 aliphatic heterocycles. The molecular weight excluding hydrogens is 568 g/mol. The van der Waals surface area contributed by atoms with Gasteiger partial charge in [0.15, 0.2) is 0 Å². The molecule has 0 atom stereocenters. The number of benzene rings is 3. The highest BCUT2D eigenvalue weighted by Gasteiger charge is 2.15. The van der Waals surface area contributed by atoms with Gasteiger partial charge in [-0.15, -0.1) is 0 Å². The number of phenols is 2. The van der Waals surface area contributed by atoms with E-state index < -0.39 is 10.0 Å². The van der Waals surface area contributed by atoms with Gasteiger partial charge in [-0.2, -0.15) is 5.10 Å². The molecule has 0 spiro atoms. The molecule has 1 aromatic heterocycles. The van der Waals surface area contributed by atoms with Crippen LogP contribution in [0.1, 0.15) is 22.4 Å². The Hall–Kier alpha value is -3.86. The van der Waals surface area contributed by atoms with Crippen LogP contribution in [0.4, 0.5) is 0 Å². The summed E-state index contributed by atoms with van der Waals surface area (Å²) >= 11 is 3.50. The first kappa shape index (κ1) is 27.2. The average Bonchev–Trinajstić information content (AvgIpc) is 3.23. The van der Waals surface area contributed by atoms with Crippen LogP contribution in [0.25, 0.3) is 11.4 Å². The van der Waals surface area contributed by atoms with Crippen LogP contribution in [0.3, 0.4) is 0 Å². The van der Waals surface area contributed by atoms with Crippen LogP contribution < -0.4 is 10.0 Å². The van der Waals surface area contributed by atoms with Crippen LogP contribution in [0.2, 0.25) is 0 Å². The Labute approximate surface area is 230 Å². The maximum atomic E-state index is 12.6. The second-order valence-electron chi connectivity index (χ2n) is 8.56. The number of rotatable bonds is 10. The van der Waals surface area contributed by atoms with E-state index in [1.165, 1.54) is 24.3 Å². The molecule has 196 valence electrons. The number of para-hydroxylation sites is 1. The van der Waals surface area contributed by atoms with Crippen molar-refractivity contribution < 1.29 is 18.6 Å². The number of hydrogen-bond acceptors (Lipinski definition) is 6. The van der Waals surface area contributed by atoms with Crippen molar-refractivity contribution in [3.8, 4) is 11.5 Å². The topological polar surface area (TPSA) is 116 Å². The lowest BCUT2D eigenvalue weighted by Crippen LogP contribution is -2.23. The molecule has 0 saturated carbocycles. The summed E-state index contributed by atoms with van der Waals surface area (Å²) in [5.74, 6) is 0.665. The van der Waals surface area contributed by atoms with Crippen molar-refractivity contribution in [2.24, 2.45) is 0 Å². The minimum atomic E-state index is -3.78. The maximum absolute atomic E-state index is 12.6. The lowest BCUT2D eigenvalue weighted by atomic mass is 10.1. The largest absolute Gasteiger partial charge is 0.508 e. The quantitative estimate of drug-likeness (QED) is 0.189. The van der Waals surface area contributed by atoms with Crippen molar-refractivity contribution in [3.05, 3.63) is 119 Å². The highest BCUT2D eigenvalue weighted by Crippen LogP contribution is 2.26. The van der Waals surface area contributed by atoms with E-state index in [0.717, 1.165) is 21.3 Å². The van der Waals surface area contributed by atoms with Gasteiger partial charge in [-0.25, -0.2) is 17.8 Å². The molecule has 10 heteroatoms. The van der Waals surface area contributed by atoms with E-state index in [4.69, 9.17) is 0 Å². The third kappa shape index (κ3) is 6.52. The first-order valence-electron chi connectivity index (χ1n) is 11.6. The van der Waals surface area contributed by atoms with Crippen LogP contribution in [0.5, 0.6) is 11.5 Å². The van der Waals surface area contributed by atoms with Crippen molar-refractivity contribution in [2.45, 2.75) is 24.9 Å². The van der Waals surface area contributed by atoms with Gasteiger partial charge in [0.25, 0.3) is 0 Å². The fourth-order valence-electron chi connectivity index (χ4n) is 3.76. The Morgan fingerprint density at radius 1 is 1.03 bits per heavy atom.